The number of para-hydroxylation sites is 4. The molecule has 0 bridgehead atoms. The van der Waals surface area contributed by atoms with Crippen molar-refractivity contribution in [3.05, 3.63) is 109 Å². The fourth-order valence-electron chi connectivity index (χ4n) is 3.48. The van der Waals surface area contributed by atoms with Crippen LogP contribution in [0.1, 0.15) is 13.3 Å². The van der Waals surface area contributed by atoms with Crippen LogP contribution >= 0.6 is 0 Å². The number of benzene rings is 3. The zero-order valence-corrected chi connectivity index (χ0v) is 15.5. The first-order chi connectivity index (χ1) is 13.3. The van der Waals surface area contributed by atoms with Crippen molar-refractivity contribution in [2.75, 3.05) is 10.2 Å². The van der Waals surface area contributed by atoms with E-state index in [9.17, 15) is 0 Å². The van der Waals surface area contributed by atoms with Crippen molar-refractivity contribution < 1.29 is 0 Å². The van der Waals surface area contributed by atoms with Gasteiger partial charge in [0, 0.05) is 11.4 Å². The molecule has 3 aromatic carbocycles. The molecule has 1 atom stereocenters. The SMILES string of the molecule is CC1(Nc2ccccc2N(c2ccccc2)c2ccccc2)C=CC=CC1. The summed E-state index contributed by atoms with van der Waals surface area (Å²) in [6.07, 6.45) is 9.64. The molecular weight excluding hydrogens is 328 g/mol. The third kappa shape index (κ3) is 3.80. The molecule has 0 aromatic heterocycles. The zero-order valence-electron chi connectivity index (χ0n) is 15.5. The van der Waals surface area contributed by atoms with Gasteiger partial charge in [0.15, 0.2) is 0 Å². The highest BCUT2D eigenvalue weighted by atomic mass is 15.2. The molecule has 3 aromatic rings. The normalized spacial score (nSPS) is 18.3. The van der Waals surface area contributed by atoms with Crippen LogP contribution in [-0.4, -0.2) is 5.54 Å². The van der Waals surface area contributed by atoms with Gasteiger partial charge in [0.05, 0.1) is 16.9 Å². The highest BCUT2D eigenvalue weighted by Gasteiger charge is 2.23. The Balaban J connectivity index is 1.79. The van der Waals surface area contributed by atoms with Gasteiger partial charge in [-0.25, -0.2) is 0 Å². The molecule has 0 spiro atoms. The van der Waals surface area contributed by atoms with Crippen LogP contribution in [0.15, 0.2) is 109 Å². The maximum atomic E-state index is 3.77. The van der Waals surface area contributed by atoms with Crippen LogP contribution in [0, 0.1) is 0 Å². The van der Waals surface area contributed by atoms with Crippen LogP contribution in [0.5, 0.6) is 0 Å². The standard InChI is InChI=1S/C25H24N2/c1-25(19-11-4-12-20-25)26-23-17-9-10-18-24(23)27(21-13-5-2-6-14-21)22-15-7-3-8-16-22/h2-19,26H,20H2,1H3. The molecule has 2 nitrogen and oxygen atoms in total. The lowest BCUT2D eigenvalue weighted by Gasteiger charge is -2.33. The highest BCUT2D eigenvalue weighted by molar-refractivity contribution is 5.84. The predicted molar refractivity (Wildman–Crippen MR) is 116 cm³/mol. The minimum absolute atomic E-state index is 0.0934. The van der Waals surface area contributed by atoms with Crippen molar-refractivity contribution in [2.24, 2.45) is 0 Å². The van der Waals surface area contributed by atoms with E-state index < -0.39 is 0 Å². The maximum absolute atomic E-state index is 3.77. The molecule has 0 amide bonds. The second kappa shape index (κ2) is 7.55. The van der Waals surface area contributed by atoms with Crippen LogP contribution in [0.2, 0.25) is 0 Å². The molecule has 0 aliphatic heterocycles. The summed E-state index contributed by atoms with van der Waals surface area (Å²) in [5, 5.41) is 3.77. The Morgan fingerprint density at radius 2 is 1.33 bits per heavy atom. The monoisotopic (exact) mass is 352 g/mol. The quantitative estimate of drug-likeness (QED) is 0.540. The van der Waals surface area contributed by atoms with E-state index in [2.05, 4.69) is 126 Å². The maximum Gasteiger partial charge on any atom is 0.0693 e. The zero-order chi connectivity index (χ0) is 18.5. The van der Waals surface area contributed by atoms with Crippen molar-refractivity contribution in [1.82, 2.24) is 0 Å². The van der Waals surface area contributed by atoms with E-state index >= 15 is 0 Å². The van der Waals surface area contributed by atoms with Gasteiger partial charge in [-0.15, -0.1) is 0 Å². The number of hydrogen-bond acceptors (Lipinski definition) is 2. The largest absolute Gasteiger partial charge is 0.374 e. The van der Waals surface area contributed by atoms with Crippen LogP contribution in [0.25, 0.3) is 0 Å². The van der Waals surface area contributed by atoms with E-state index in [1.165, 1.54) is 0 Å². The van der Waals surface area contributed by atoms with Crippen molar-refractivity contribution in [2.45, 2.75) is 18.9 Å². The van der Waals surface area contributed by atoms with E-state index in [1.54, 1.807) is 0 Å². The molecule has 1 aliphatic carbocycles. The molecule has 1 unspecified atom stereocenters. The number of rotatable bonds is 5. The molecule has 2 heteroatoms. The Morgan fingerprint density at radius 3 is 1.93 bits per heavy atom. The molecule has 0 heterocycles. The summed E-state index contributed by atoms with van der Waals surface area (Å²) in [5.74, 6) is 0. The van der Waals surface area contributed by atoms with E-state index in [-0.39, 0.29) is 5.54 Å². The number of allylic oxidation sites excluding steroid dienone is 2. The first-order valence-electron chi connectivity index (χ1n) is 9.37. The number of anilines is 4. The van der Waals surface area contributed by atoms with Crippen LogP contribution < -0.4 is 10.2 Å². The number of hydrogen-bond donors (Lipinski definition) is 1. The Morgan fingerprint density at radius 1 is 0.741 bits per heavy atom. The minimum Gasteiger partial charge on any atom is -0.374 e. The average molecular weight is 352 g/mol. The Hall–Kier alpha value is -3.26. The molecule has 4 rings (SSSR count). The summed E-state index contributed by atoms with van der Waals surface area (Å²) in [6, 6.07) is 29.5. The van der Waals surface area contributed by atoms with E-state index in [0.29, 0.717) is 0 Å². The minimum atomic E-state index is -0.0934. The predicted octanol–water partition coefficient (Wildman–Crippen LogP) is 6.84. The molecule has 27 heavy (non-hydrogen) atoms. The lowest BCUT2D eigenvalue weighted by atomic mass is 9.93. The second-order valence-electron chi connectivity index (χ2n) is 7.06. The second-order valence-corrected chi connectivity index (χ2v) is 7.06. The van der Waals surface area contributed by atoms with Crippen LogP contribution in [-0.2, 0) is 0 Å². The van der Waals surface area contributed by atoms with Crippen LogP contribution in [0.4, 0.5) is 22.7 Å². The summed E-state index contributed by atoms with van der Waals surface area (Å²) >= 11 is 0. The van der Waals surface area contributed by atoms with Gasteiger partial charge in [-0.3, -0.25) is 0 Å². The Labute approximate surface area is 161 Å². The number of nitrogens with one attached hydrogen (secondary N) is 1. The Bertz CT molecular complexity index is 905. The smallest absolute Gasteiger partial charge is 0.0693 e. The van der Waals surface area contributed by atoms with Crippen molar-refractivity contribution in [3.63, 3.8) is 0 Å². The van der Waals surface area contributed by atoms with Gasteiger partial charge in [0.1, 0.15) is 0 Å². The van der Waals surface area contributed by atoms with Crippen molar-refractivity contribution >= 4 is 22.7 Å². The number of nitrogens with zero attached hydrogens (tertiary/aromatic N) is 1. The summed E-state index contributed by atoms with van der Waals surface area (Å²) < 4.78 is 0. The third-order valence-corrected chi connectivity index (χ3v) is 4.85. The molecule has 0 saturated heterocycles. The molecule has 0 saturated carbocycles. The first-order valence-corrected chi connectivity index (χ1v) is 9.37. The molecule has 0 radical (unpaired) electrons. The molecule has 1 N–H and O–H groups in total. The van der Waals surface area contributed by atoms with Gasteiger partial charge in [-0.2, -0.15) is 0 Å². The van der Waals surface area contributed by atoms with E-state index in [0.717, 1.165) is 29.2 Å². The summed E-state index contributed by atoms with van der Waals surface area (Å²) in [4.78, 5) is 2.30. The molecule has 1 aliphatic rings. The van der Waals surface area contributed by atoms with Gasteiger partial charge < -0.3 is 10.2 Å². The van der Waals surface area contributed by atoms with Gasteiger partial charge in [-0.05, 0) is 49.7 Å². The van der Waals surface area contributed by atoms with Gasteiger partial charge in [-0.1, -0.05) is 72.8 Å². The fraction of sp³-hybridized carbons (Fsp3) is 0.120. The van der Waals surface area contributed by atoms with E-state index in [1.807, 2.05) is 0 Å². The molecule has 0 fully saturated rings. The molecular formula is C25H24N2. The lowest BCUT2D eigenvalue weighted by molar-refractivity contribution is 0.641. The fourth-order valence-corrected chi connectivity index (χ4v) is 3.48. The lowest BCUT2D eigenvalue weighted by Crippen LogP contribution is -2.33. The van der Waals surface area contributed by atoms with Gasteiger partial charge in [0.25, 0.3) is 0 Å². The first kappa shape index (κ1) is 17.2. The highest BCUT2D eigenvalue weighted by Crippen LogP contribution is 2.40. The van der Waals surface area contributed by atoms with Gasteiger partial charge >= 0.3 is 0 Å². The van der Waals surface area contributed by atoms with Crippen LogP contribution in [0.3, 0.4) is 0 Å². The Kier molecular flexibility index (Phi) is 4.80. The summed E-state index contributed by atoms with van der Waals surface area (Å²) in [6.45, 7) is 2.24. The van der Waals surface area contributed by atoms with Crippen molar-refractivity contribution in [3.8, 4) is 0 Å². The summed E-state index contributed by atoms with van der Waals surface area (Å²) in [5.41, 5.74) is 4.44. The van der Waals surface area contributed by atoms with E-state index in [4.69, 9.17) is 0 Å². The topological polar surface area (TPSA) is 15.3 Å². The van der Waals surface area contributed by atoms with Crippen molar-refractivity contribution in [1.29, 1.82) is 0 Å². The average Bonchev–Trinajstić information content (AvgIpc) is 2.71. The van der Waals surface area contributed by atoms with Gasteiger partial charge in [0.2, 0.25) is 0 Å². The third-order valence-electron chi connectivity index (χ3n) is 4.85. The molecule has 134 valence electrons. The summed E-state index contributed by atoms with van der Waals surface area (Å²) in [7, 11) is 0.